The van der Waals surface area contributed by atoms with Gasteiger partial charge in [-0.15, -0.1) is 0 Å². The highest BCUT2D eigenvalue weighted by Gasteiger charge is 2.39. The number of oxime groups is 2. The molecule has 0 fully saturated rings. The van der Waals surface area contributed by atoms with Crippen LogP contribution in [0.1, 0.15) is 27.7 Å². The number of imidazole rings is 2. The number of carbonyl (C=O) groups excluding carboxylic acids is 2. The Labute approximate surface area is 212 Å². The van der Waals surface area contributed by atoms with E-state index in [2.05, 4.69) is 30.3 Å². The molecule has 12 nitrogen and oxygen atoms in total. The van der Waals surface area contributed by atoms with Crippen LogP contribution in [0.4, 0.5) is 4.79 Å². The van der Waals surface area contributed by atoms with E-state index in [9.17, 15) is 9.59 Å². The van der Waals surface area contributed by atoms with Crippen LogP contribution in [0.3, 0.4) is 0 Å². The first kappa shape index (κ1) is 25.0. The number of aromatic nitrogens is 4. The molecule has 2 aliphatic rings. The molecular formula is C18H22N8O4S4. The maximum absolute atomic E-state index is 12.0. The molecule has 0 aliphatic carbocycles. The molecule has 0 bridgehead atoms. The van der Waals surface area contributed by atoms with Crippen molar-refractivity contribution in [1.29, 1.82) is 0 Å². The van der Waals surface area contributed by atoms with Crippen molar-refractivity contribution in [2.75, 3.05) is 12.4 Å². The van der Waals surface area contributed by atoms with Crippen LogP contribution in [-0.2, 0) is 14.5 Å². The maximum atomic E-state index is 12.0. The molecule has 2 aliphatic heterocycles. The Hall–Kier alpha value is -2.14. The molecule has 4 rings (SSSR count). The van der Waals surface area contributed by atoms with Gasteiger partial charge in [0, 0.05) is 24.8 Å². The van der Waals surface area contributed by atoms with Crippen LogP contribution in [0, 0.1) is 0 Å². The van der Waals surface area contributed by atoms with E-state index in [1.54, 1.807) is 45.7 Å². The SMILES string of the molecule is CC1(C)Sc2nccn2C1=NOC(=O)CNSSCNC(=O)ON=C1n2ccnc2SC1(C)C. The Kier molecular flexibility index (Phi) is 7.51. The van der Waals surface area contributed by atoms with E-state index in [1.165, 1.54) is 33.5 Å². The van der Waals surface area contributed by atoms with Crippen LogP contribution in [0.15, 0.2) is 45.4 Å². The normalized spacial score (nSPS) is 19.8. The van der Waals surface area contributed by atoms with E-state index < -0.39 is 12.1 Å². The summed E-state index contributed by atoms with van der Waals surface area (Å²) in [6, 6.07) is 0. The molecule has 2 aromatic rings. The summed E-state index contributed by atoms with van der Waals surface area (Å²) in [5.74, 6) is 0.904. The molecule has 0 unspecified atom stereocenters. The number of thioether (sulfide) groups is 2. The van der Waals surface area contributed by atoms with Crippen molar-refractivity contribution >= 4 is 69.0 Å². The van der Waals surface area contributed by atoms with Crippen LogP contribution in [0.25, 0.3) is 0 Å². The fraction of sp³-hybridized carbons (Fsp3) is 0.444. The summed E-state index contributed by atoms with van der Waals surface area (Å²) in [7, 11) is 2.46. The zero-order chi connectivity index (χ0) is 24.3. The lowest BCUT2D eigenvalue weighted by atomic mass is 10.2. The lowest BCUT2D eigenvalue weighted by Crippen LogP contribution is -2.30. The Morgan fingerprint density at radius 2 is 1.56 bits per heavy atom. The van der Waals surface area contributed by atoms with Gasteiger partial charge in [0.2, 0.25) is 0 Å². The number of nitrogens with zero attached hydrogens (tertiary/aromatic N) is 6. The first-order valence-corrected chi connectivity index (χ1v) is 13.9. The molecule has 16 heteroatoms. The van der Waals surface area contributed by atoms with E-state index in [0.29, 0.717) is 11.7 Å². The fourth-order valence-corrected chi connectivity index (χ4v) is 6.34. The molecular weight excluding hydrogens is 521 g/mol. The predicted molar refractivity (Wildman–Crippen MR) is 134 cm³/mol. The smallest absolute Gasteiger partial charge is 0.315 e. The Bertz CT molecular complexity index is 1050. The quantitative estimate of drug-likeness (QED) is 0.127. The van der Waals surface area contributed by atoms with Gasteiger partial charge >= 0.3 is 12.1 Å². The second-order valence-corrected chi connectivity index (χ2v) is 13.3. The molecule has 2 N–H and O–H groups in total. The molecule has 2 aromatic heterocycles. The van der Waals surface area contributed by atoms with Crippen molar-refractivity contribution in [3.8, 4) is 0 Å². The zero-order valence-electron chi connectivity index (χ0n) is 18.7. The van der Waals surface area contributed by atoms with E-state index >= 15 is 0 Å². The van der Waals surface area contributed by atoms with Crippen LogP contribution < -0.4 is 10.0 Å². The second-order valence-electron chi connectivity index (χ2n) is 7.90. The topological polar surface area (TPSA) is 137 Å². The number of carbonyl (C=O) groups is 2. The van der Waals surface area contributed by atoms with Crippen LogP contribution >= 0.6 is 45.3 Å². The lowest BCUT2D eigenvalue weighted by molar-refractivity contribution is -0.142. The highest BCUT2D eigenvalue weighted by Crippen LogP contribution is 2.40. The molecule has 0 atom stereocenters. The van der Waals surface area contributed by atoms with E-state index in [-0.39, 0.29) is 21.9 Å². The van der Waals surface area contributed by atoms with Gasteiger partial charge in [0.25, 0.3) is 0 Å². The standard InChI is InChI=1S/C18H22N8O4S4/c1-17(2)12(25-7-5-19-14(25)32-17)23-29-11(27)9-22-34-31-10-21-16(28)30-24-13-18(3,4)33-15-20-6-8-26(13)15/h5-8,22H,9-10H2,1-4H3,(H,21,28). The Morgan fingerprint density at radius 1 is 1.00 bits per heavy atom. The van der Waals surface area contributed by atoms with Gasteiger partial charge in [0.15, 0.2) is 22.0 Å². The third kappa shape index (κ3) is 5.56. The summed E-state index contributed by atoms with van der Waals surface area (Å²) >= 11 is 3.09. The molecule has 0 aromatic carbocycles. The van der Waals surface area contributed by atoms with Gasteiger partial charge in [-0.3, -0.25) is 14.0 Å². The van der Waals surface area contributed by atoms with Gasteiger partial charge in [-0.1, -0.05) is 44.6 Å². The first-order valence-electron chi connectivity index (χ1n) is 9.96. The van der Waals surface area contributed by atoms with Crippen molar-refractivity contribution in [2.24, 2.45) is 10.3 Å². The summed E-state index contributed by atoms with van der Waals surface area (Å²) in [5.41, 5.74) is 0. The summed E-state index contributed by atoms with van der Waals surface area (Å²) in [6.45, 7) is 7.86. The lowest BCUT2D eigenvalue weighted by Gasteiger charge is -2.15. The average Bonchev–Trinajstić information content (AvgIpc) is 3.48. The number of hydrogen-bond acceptors (Lipinski definition) is 13. The van der Waals surface area contributed by atoms with Crippen molar-refractivity contribution in [3.63, 3.8) is 0 Å². The van der Waals surface area contributed by atoms with Gasteiger partial charge < -0.3 is 10.2 Å². The van der Waals surface area contributed by atoms with Gasteiger partial charge in [-0.2, -0.15) is 0 Å². The third-order valence-electron chi connectivity index (χ3n) is 4.50. The molecule has 4 heterocycles. The van der Waals surface area contributed by atoms with E-state index in [1.807, 2.05) is 27.7 Å². The maximum Gasteiger partial charge on any atom is 0.434 e. The summed E-state index contributed by atoms with van der Waals surface area (Å²) in [4.78, 5) is 42.4. The van der Waals surface area contributed by atoms with Gasteiger partial charge in [-0.25, -0.2) is 24.3 Å². The largest absolute Gasteiger partial charge is 0.434 e. The van der Waals surface area contributed by atoms with Crippen LogP contribution in [0.2, 0.25) is 0 Å². The van der Waals surface area contributed by atoms with E-state index in [0.717, 1.165) is 10.3 Å². The van der Waals surface area contributed by atoms with Crippen molar-refractivity contribution in [2.45, 2.75) is 47.5 Å². The number of fused-ring (bicyclic) bond motifs is 2. The Morgan fingerprint density at radius 3 is 2.15 bits per heavy atom. The highest BCUT2D eigenvalue weighted by molar-refractivity contribution is 8.76. The minimum absolute atomic E-state index is 0.0586. The summed E-state index contributed by atoms with van der Waals surface area (Å²) in [5, 5.41) is 12.2. The second kappa shape index (κ2) is 10.2. The predicted octanol–water partition coefficient (Wildman–Crippen LogP) is 2.98. The van der Waals surface area contributed by atoms with Gasteiger partial charge in [0.05, 0.1) is 15.4 Å². The number of rotatable bonds is 8. The first-order chi connectivity index (χ1) is 16.2. The summed E-state index contributed by atoms with van der Waals surface area (Å²) < 4.78 is 5.73. The molecule has 1 amide bonds. The number of hydrogen-bond donors (Lipinski definition) is 2. The molecule has 34 heavy (non-hydrogen) atoms. The molecule has 0 radical (unpaired) electrons. The van der Waals surface area contributed by atoms with Gasteiger partial charge in [0.1, 0.15) is 6.54 Å². The average molecular weight is 543 g/mol. The van der Waals surface area contributed by atoms with Crippen LogP contribution in [-0.4, -0.2) is 64.8 Å². The minimum atomic E-state index is -0.680. The highest BCUT2D eigenvalue weighted by atomic mass is 33.1. The summed E-state index contributed by atoms with van der Waals surface area (Å²) in [6.07, 6.45) is 6.21. The number of amides is 1. The zero-order valence-corrected chi connectivity index (χ0v) is 21.9. The van der Waals surface area contributed by atoms with Crippen molar-refractivity contribution in [3.05, 3.63) is 24.8 Å². The van der Waals surface area contributed by atoms with E-state index in [4.69, 9.17) is 9.68 Å². The molecule has 0 saturated heterocycles. The van der Waals surface area contributed by atoms with Crippen molar-refractivity contribution < 1.29 is 19.3 Å². The van der Waals surface area contributed by atoms with Crippen LogP contribution in [0.5, 0.6) is 0 Å². The number of nitrogens with one attached hydrogen (secondary N) is 2. The molecule has 182 valence electrons. The Balaban J connectivity index is 1.12. The molecule has 0 saturated carbocycles. The third-order valence-corrected chi connectivity index (χ3v) is 8.56. The van der Waals surface area contributed by atoms with Crippen molar-refractivity contribution in [1.82, 2.24) is 29.1 Å². The van der Waals surface area contributed by atoms with Gasteiger partial charge in [-0.05, 0) is 38.7 Å². The monoisotopic (exact) mass is 542 g/mol. The minimum Gasteiger partial charge on any atom is -0.315 e. The molecule has 0 spiro atoms. The fourth-order valence-electron chi connectivity index (χ4n) is 2.98.